The molecule has 2 unspecified atom stereocenters. The smallest absolute Gasteiger partial charge is 0.0409 e. The third kappa shape index (κ3) is 2.17. The molecule has 2 nitrogen and oxygen atoms in total. The lowest BCUT2D eigenvalue weighted by Crippen LogP contribution is -2.25. The number of nitrogens with two attached hydrogens (primary N) is 1. The summed E-state index contributed by atoms with van der Waals surface area (Å²) in [5.74, 6) is 0.563. The number of nitrogens with zero attached hydrogens (tertiary/aromatic N) is 1. The Morgan fingerprint density at radius 3 is 3.00 bits per heavy atom. The summed E-state index contributed by atoms with van der Waals surface area (Å²) in [5.41, 5.74) is 7.09. The average molecular weight is 225 g/mol. The SMILES string of the molecule is CN1CCC(CN)C1c1cccc(Cl)c1. The van der Waals surface area contributed by atoms with Crippen molar-refractivity contribution in [2.24, 2.45) is 11.7 Å². The van der Waals surface area contributed by atoms with Crippen molar-refractivity contribution in [3.63, 3.8) is 0 Å². The van der Waals surface area contributed by atoms with Crippen molar-refractivity contribution in [3.8, 4) is 0 Å². The van der Waals surface area contributed by atoms with Gasteiger partial charge in [0.05, 0.1) is 0 Å². The molecule has 2 N–H and O–H groups in total. The summed E-state index contributed by atoms with van der Waals surface area (Å²) in [6, 6.07) is 8.56. The molecule has 1 heterocycles. The van der Waals surface area contributed by atoms with Crippen LogP contribution in [0.15, 0.2) is 24.3 Å². The standard InChI is InChI=1S/C12H17ClN2/c1-15-6-5-10(8-14)12(15)9-3-2-4-11(13)7-9/h2-4,7,10,12H,5-6,8,14H2,1H3. The number of benzene rings is 1. The van der Waals surface area contributed by atoms with Crippen molar-refractivity contribution in [3.05, 3.63) is 34.9 Å². The summed E-state index contributed by atoms with van der Waals surface area (Å²) < 4.78 is 0. The van der Waals surface area contributed by atoms with Gasteiger partial charge in [0, 0.05) is 11.1 Å². The van der Waals surface area contributed by atoms with Crippen molar-refractivity contribution in [1.29, 1.82) is 0 Å². The largest absolute Gasteiger partial charge is 0.330 e. The minimum Gasteiger partial charge on any atom is -0.330 e. The van der Waals surface area contributed by atoms with E-state index in [4.69, 9.17) is 17.3 Å². The molecule has 2 rings (SSSR count). The van der Waals surface area contributed by atoms with Crippen molar-refractivity contribution in [2.75, 3.05) is 20.1 Å². The minimum absolute atomic E-state index is 0.439. The van der Waals surface area contributed by atoms with E-state index in [1.165, 1.54) is 12.0 Å². The third-order valence-corrected chi connectivity index (χ3v) is 3.50. The van der Waals surface area contributed by atoms with Crippen LogP contribution in [0.1, 0.15) is 18.0 Å². The molecule has 15 heavy (non-hydrogen) atoms. The van der Waals surface area contributed by atoms with Crippen LogP contribution in [0.2, 0.25) is 5.02 Å². The summed E-state index contributed by atoms with van der Waals surface area (Å²) in [5, 5.41) is 0.809. The van der Waals surface area contributed by atoms with E-state index in [1.54, 1.807) is 0 Å². The van der Waals surface area contributed by atoms with Gasteiger partial charge in [-0.1, -0.05) is 23.7 Å². The summed E-state index contributed by atoms with van der Waals surface area (Å²) >= 11 is 6.01. The Morgan fingerprint density at radius 1 is 1.53 bits per heavy atom. The lowest BCUT2D eigenvalue weighted by molar-refractivity contribution is 0.279. The van der Waals surface area contributed by atoms with Gasteiger partial charge in [-0.2, -0.15) is 0 Å². The Hall–Kier alpha value is -0.570. The Bertz CT molecular complexity index is 340. The van der Waals surface area contributed by atoms with Crippen LogP contribution in [0.3, 0.4) is 0 Å². The first-order chi connectivity index (χ1) is 7.22. The van der Waals surface area contributed by atoms with Crippen LogP contribution in [0.5, 0.6) is 0 Å². The molecule has 1 aliphatic rings. The van der Waals surface area contributed by atoms with Crippen molar-refractivity contribution < 1.29 is 0 Å². The maximum atomic E-state index is 6.01. The van der Waals surface area contributed by atoms with E-state index in [2.05, 4.69) is 24.1 Å². The van der Waals surface area contributed by atoms with Crippen molar-refractivity contribution in [2.45, 2.75) is 12.5 Å². The number of rotatable bonds is 2. The van der Waals surface area contributed by atoms with Gasteiger partial charge in [0.2, 0.25) is 0 Å². The highest BCUT2D eigenvalue weighted by Gasteiger charge is 2.31. The second-order valence-electron chi connectivity index (χ2n) is 4.26. The Balaban J connectivity index is 2.28. The van der Waals surface area contributed by atoms with Crippen LogP contribution in [0, 0.1) is 5.92 Å². The van der Waals surface area contributed by atoms with Gasteiger partial charge in [-0.25, -0.2) is 0 Å². The van der Waals surface area contributed by atoms with Crippen LogP contribution in [0.25, 0.3) is 0 Å². The average Bonchev–Trinajstić information content (AvgIpc) is 2.59. The van der Waals surface area contributed by atoms with E-state index >= 15 is 0 Å². The zero-order valence-corrected chi connectivity index (χ0v) is 9.74. The van der Waals surface area contributed by atoms with Gasteiger partial charge in [-0.3, -0.25) is 4.90 Å². The zero-order valence-electron chi connectivity index (χ0n) is 8.99. The van der Waals surface area contributed by atoms with E-state index in [0.29, 0.717) is 12.0 Å². The highest BCUT2D eigenvalue weighted by molar-refractivity contribution is 6.30. The van der Waals surface area contributed by atoms with E-state index in [1.807, 2.05) is 12.1 Å². The number of hydrogen-bond donors (Lipinski definition) is 1. The van der Waals surface area contributed by atoms with Crippen LogP contribution in [-0.2, 0) is 0 Å². The predicted octanol–water partition coefficient (Wildman–Crippen LogP) is 2.29. The number of hydrogen-bond acceptors (Lipinski definition) is 2. The van der Waals surface area contributed by atoms with Crippen molar-refractivity contribution >= 4 is 11.6 Å². The molecule has 0 aromatic heterocycles. The maximum absolute atomic E-state index is 6.01. The first-order valence-electron chi connectivity index (χ1n) is 5.38. The van der Waals surface area contributed by atoms with Crippen LogP contribution in [-0.4, -0.2) is 25.0 Å². The molecule has 0 amide bonds. The lowest BCUT2D eigenvalue weighted by Gasteiger charge is -2.24. The molecule has 0 spiro atoms. The van der Waals surface area contributed by atoms with Gasteiger partial charge in [0.1, 0.15) is 0 Å². The van der Waals surface area contributed by atoms with Crippen LogP contribution in [0.4, 0.5) is 0 Å². The fraction of sp³-hybridized carbons (Fsp3) is 0.500. The molecule has 1 saturated heterocycles. The summed E-state index contributed by atoms with van der Waals surface area (Å²) in [7, 11) is 2.15. The first-order valence-corrected chi connectivity index (χ1v) is 5.76. The monoisotopic (exact) mass is 224 g/mol. The lowest BCUT2D eigenvalue weighted by atomic mass is 9.94. The molecule has 1 aromatic carbocycles. The number of likely N-dealkylation sites (tertiary alicyclic amines) is 1. The molecule has 1 fully saturated rings. The number of halogens is 1. The zero-order chi connectivity index (χ0) is 10.8. The maximum Gasteiger partial charge on any atom is 0.0409 e. The van der Waals surface area contributed by atoms with E-state index in [9.17, 15) is 0 Å². The van der Waals surface area contributed by atoms with Crippen LogP contribution < -0.4 is 5.73 Å². The van der Waals surface area contributed by atoms with Gasteiger partial charge in [-0.15, -0.1) is 0 Å². The molecule has 0 saturated carbocycles. The van der Waals surface area contributed by atoms with Gasteiger partial charge in [0.25, 0.3) is 0 Å². The highest BCUT2D eigenvalue weighted by Crippen LogP contribution is 2.35. The summed E-state index contributed by atoms with van der Waals surface area (Å²) in [4.78, 5) is 2.36. The van der Waals surface area contributed by atoms with Gasteiger partial charge in [0.15, 0.2) is 0 Å². The predicted molar refractivity (Wildman–Crippen MR) is 64.0 cm³/mol. The van der Waals surface area contributed by atoms with E-state index in [-0.39, 0.29) is 0 Å². The Kier molecular flexibility index (Phi) is 3.29. The Labute approximate surface area is 96.0 Å². The third-order valence-electron chi connectivity index (χ3n) is 3.27. The fourth-order valence-corrected chi connectivity index (χ4v) is 2.69. The highest BCUT2D eigenvalue weighted by atomic mass is 35.5. The first kappa shape index (κ1) is 10.9. The normalized spacial score (nSPS) is 27.1. The molecular weight excluding hydrogens is 208 g/mol. The van der Waals surface area contributed by atoms with E-state index < -0.39 is 0 Å². The molecule has 1 aliphatic heterocycles. The van der Waals surface area contributed by atoms with Gasteiger partial charge < -0.3 is 5.73 Å². The minimum atomic E-state index is 0.439. The van der Waals surface area contributed by atoms with Gasteiger partial charge >= 0.3 is 0 Å². The molecule has 82 valence electrons. The molecule has 1 aromatic rings. The summed E-state index contributed by atoms with van der Waals surface area (Å²) in [6.45, 7) is 1.88. The molecule has 0 radical (unpaired) electrons. The Morgan fingerprint density at radius 2 is 2.33 bits per heavy atom. The molecule has 0 aliphatic carbocycles. The van der Waals surface area contributed by atoms with Crippen LogP contribution >= 0.6 is 11.6 Å². The molecular formula is C12H17ClN2. The molecule has 2 atom stereocenters. The quantitative estimate of drug-likeness (QED) is 0.836. The summed E-state index contributed by atoms with van der Waals surface area (Å²) in [6.07, 6.45) is 1.18. The topological polar surface area (TPSA) is 29.3 Å². The van der Waals surface area contributed by atoms with E-state index in [0.717, 1.165) is 18.1 Å². The fourth-order valence-electron chi connectivity index (χ4n) is 2.49. The second-order valence-corrected chi connectivity index (χ2v) is 4.70. The molecule has 0 bridgehead atoms. The van der Waals surface area contributed by atoms with Gasteiger partial charge in [-0.05, 0) is 50.2 Å². The second kappa shape index (κ2) is 4.52. The van der Waals surface area contributed by atoms with Crippen molar-refractivity contribution in [1.82, 2.24) is 4.90 Å². The molecule has 3 heteroatoms.